The zero-order chi connectivity index (χ0) is 51.8. The number of carbonyl (C=O) groups is 7. The van der Waals surface area contributed by atoms with Crippen LogP contribution in [0.2, 0.25) is 0 Å². The van der Waals surface area contributed by atoms with Crippen LogP contribution in [0.1, 0.15) is 52.6 Å². The third-order valence-electron chi connectivity index (χ3n) is 12.8. The van der Waals surface area contributed by atoms with Crippen molar-refractivity contribution in [3.8, 4) is 0 Å². The first-order valence-corrected chi connectivity index (χ1v) is 24.8. The van der Waals surface area contributed by atoms with Crippen molar-refractivity contribution in [1.29, 1.82) is 0 Å². The van der Waals surface area contributed by atoms with Crippen molar-refractivity contribution < 1.29 is 57.2 Å². The van der Waals surface area contributed by atoms with Crippen LogP contribution in [-0.2, 0) is 42.9 Å². The number of nitrogens with zero attached hydrogens (tertiary/aromatic N) is 4. The van der Waals surface area contributed by atoms with E-state index in [4.69, 9.17) is 23.7 Å². The van der Waals surface area contributed by atoms with Gasteiger partial charge in [0.1, 0.15) is 11.8 Å². The van der Waals surface area contributed by atoms with Crippen LogP contribution < -0.4 is 21.4 Å². The third kappa shape index (κ3) is 13.9. The average molecular weight is 1020 g/mol. The molecule has 0 radical (unpaired) electrons. The fraction of sp³-hybridized carbons (Fsp3) is 0.396. The van der Waals surface area contributed by atoms with Crippen LogP contribution in [0.4, 0.5) is 10.5 Å². The number of hydrogen-bond donors (Lipinski definition) is 5. The molecule has 2 saturated heterocycles. The number of benzene rings is 2. The van der Waals surface area contributed by atoms with E-state index in [0.29, 0.717) is 114 Å². The molecule has 0 bridgehead atoms. The fourth-order valence-corrected chi connectivity index (χ4v) is 8.83. The van der Waals surface area contributed by atoms with Gasteiger partial charge in [0, 0.05) is 98.2 Å². The maximum atomic E-state index is 14.1. The van der Waals surface area contributed by atoms with Gasteiger partial charge in [-0.2, -0.15) is 5.10 Å². The molecule has 5 aliphatic rings. The minimum atomic E-state index is -0.558. The Bertz CT molecular complexity index is 2750. The molecule has 4 heterocycles. The van der Waals surface area contributed by atoms with E-state index < -0.39 is 17.9 Å². The lowest BCUT2D eigenvalue weighted by atomic mass is 9.81. The molecule has 2 aromatic carbocycles. The van der Waals surface area contributed by atoms with E-state index in [1.54, 1.807) is 53.1 Å². The molecular weight excluding hydrogens is 955 g/mol. The van der Waals surface area contributed by atoms with Gasteiger partial charge in [-0.3, -0.25) is 33.7 Å². The second-order valence-electron chi connectivity index (χ2n) is 17.8. The monoisotopic (exact) mass is 1020 g/mol. The number of piperazine rings is 1. The smallest absolute Gasteiger partial charge is 0.410 e. The lowest BCUT2D eigenvalue weighted by Crippen LogP contribution is -2.48. The molecule has 2 fully saturated rings. The largest absolute Gasteiger partial charge is 0.441 e. The SMILES string of the molecule is C/C(=N\NC(=O)CCOCCOCCOCCOCCNC(=O)CCN1C(=O)C=CC1=O)c1ccc(C(=O)Nc2ccc3[nH]c(C(=O)N4CCC5=C6C=CC=CC6C(OC(=O)N6CCNCC6)C=C54)cc3c2)cc1. The highest BCUT2D eigenvalue weighted by molar-refractivity contribution is 6.13. The van der Waals surface area contributed by atoms with Crippen LogP contribution >= 0.6 is 0 Å². The summed E-state index contributed by atoms with van der Waals surface area (Å²) in [5, 5.41) is 13.8. The van der Waals surface area contributed by atoms with Gasteiger partial charge >= 0.3 is 6.09 Å². The van der Waals surface area contributed by atoms with Gasteiger partial charge in [0.15, 0.2) is 0 Å². The quantitative estimate of drug-likeness (QED) is 0.0374. The van der Waals surface area contributed by atoms with Crippen molar-refractivity contribution in [2.24, 2.45) is 11.0 Å². The molecule has 1 aromatic heterocycles. The number of fused-ring (bicyclic) bond motifs is 3. The summed E-state index contributed by atoms with van der Waals surface area (Å²) in [5.41, 5.74) is 8.79. The molecule has 21 heteroatoms. The number of nitrogens with one attached hydrogen (secondary N) is 5. The van der Waals surface area contributed by atoms with Crippen molar-refractivity contribution in [3.05, 3.63) is 125 Å². The van der Waals surface area contributed by atoms with Crippen LogP contribution in [-0.4, -0.2) is 172 Å². The van der Waals surface area contributed by atoms with Crippen LogP contribution in [0.25, 0.3) is 10.9 Å². The summed E-state index contributed by atoms with van der Waals surface area (Å²) >= 11 is 0. The standard InChI is InChI=1S/C53H61N9O12/c1-35(58-59-48(64)16-24-70-26-28-72-30-31-73-29-27-71-25-19-55-47(63)15-21-62-49(65)12-13-50(62)66)36-6-8-37(9-7-36)51(67)56-39-10-11-43-38(32-39)33-44(57-43)52(68)61-20-14-41-40-4-2-3-5-42(40)46(34-45(41)61)74-53(69)60-22-17-54-18-23-60/h2-13,32-34,42,46,54,57H,14-31H2,1H3,(H,55,63)(H,56,67)(H,59,64)/b58-35+. The normalized spacial score (nSPS) is 18.2. The Morgan fingerprint density at radius 1 is 0.757 bits per heavy atom. The number of imide groups is 1. The van der Waals surface area contributed by atoms with Crippen LogP contribution in [0.5, 0.6) is 0 Å². The molecule has 0 saturated carbocycles. The predicted molar refractivity (Wildman–Crippen MR) is 272 cm³/mol. The fourth-order valence-electron chi connectivity index (χ4n) is 8.83. The summed E-state index contributed by atoms with van der Waals surface area (Å²) in [7, 11) is 0. The van der Waals surface area contributed by atoms with Crippen LogP contribution in [0.3, 0.4) is 0 Å². The molecule has 3 aromatic rings. The first kappa shape index (κ1) is 52.8. The van der Waals surface area contributed by atoms with Gasteiger partial charge in [-0.05, 0) is 72.5 Å². The average Bonchev–Trinajstić information content (AvgIpc) is 4.15. The number of allylic oxidation sites excluding steroid dienone is 4. The summed E-state index contributed by atoms with van der Waals surface area (Å²) in [5.74, 6) is -2.09. The molecule has 74 heavy (non-hydrogen) atoms. The second-order valence-corrected chi connectivity index (χ2v) is 17.8. The summed E-state index contributed by atoms with van der Waals surface area (Å²) < 4.78 is 27.9. The van der Waals surface area contributed by atoms with Crippen molar-refractivity contribution in [3.63, 3.8) is 0 Å². The van der Waals surface area contributed by atoms with Gasteiger partial charge in [-0.15, -0.1) is 0 Å². The second kappa shape index (κ2) is 25.9. The first-order chi connectivity index (χ1) is 36.0. The molecule has 2 atom stereocenters. The van der Waals surface area contributed by atoms with Gasteiger partial charge in [-0.25, -0.2) is 10.2 Å². The van der Waals surface area contributed by atoms with E-state index in [1.165, 1.54) is 12.2 Å². The highest BCUT2D eigenvalue weighted by Crippen LogP contribution is 2.42. The van der Waals surface area contributed by atoms with E-state index in [0.717, 1.165) is 32.6 Å². The van der Waals surface area contributed by atoms with Crippen LogP contribution in [0, 0.1) is 5.92 Å². The van der Waals surface area contributed by atoms with Crippen LogP contribution in [0.15, 0.2) is 113 Å². The maximum absolute atomic E-state index is 14.1. The topological polar surface area (TPSA) is 252 Å². The number of aromatic amines is 1. The Kier molecular flexibility index (Phi) is 18.5. The molecule has 0 spiro atoms. The number of ether oxygens (including phenoxy) is 5. The lowest BCUT2D eigenvalue weighted by Gasteiger charge is -2.34. The van der Waals surface area contributed by atoms with E-state index in [9.17, 15) is 33.6 Å². The lowest BCUT2D eigenvalue weighted by molar-refractivity contribution is -0.137. The minimum Gasteiger partial charge on any atom is -0.441 e. The van der Waals surface area contributed by atoms with Crippen molar-refractivity contribution in [1.82, 2.24) is 35.7 Å². The van der Waals surface area contributed by atoms with Crippen molar-refractivity contribution in [2.45, 2.75) is 32.3 Å². The van der Waals surface area contributed by atoms with Crippen molar-refractivity contribution >= 4 is 63.8 Å². The number of aromatic nitrogens is 1. The number of hydrazone groups is 1. The van der Waals surface area contributed by atoms with Gasteiger partial charge in [0.05, 0.1) is 65.0 Å². The molecular formula is C53H61N9O12. The number of carbonyl (C=O) groups excluding carboxylic acids is 7. The predicted octanol–water partition coefficient (Wildman–Crippen LogP) is 3.34. The van der Waals surface area contributed by atoms with Gasteiger partial charge in [-0.1, -0.05) is 36.4 Å². The molecule has 7 amide bonds. The zero-order valence-electron chi connectivity index (χ0n) is 41.2. The highest BCUT2D eigenvalue weighted by Gasteiger charge is 2.40. The van der Waals surface area contributed by atoms with Gasteiger partial charge < -0.3 is 54.4 Å². The Morgan fingerprint density at radius 2 is 1.45 bits per heavy atom. The Labute approximate surface area is 427 Å². The van der Waals surface area contributed by atoms with Gasteiger partial charge in [0.2, 0.25) is 11.8 Å². The Hall–Kier alpha value is -7.56. The van der Waals surface area contributed by atoms with Crippen molar-refractivity contribution in [2.75, 3.05) is 104 Å². The van der Waals surface area contributed by atoms with E-state index in [2.05, 4.69) is 37.5 Å². The molecule has 8 rings (SSSR count). The molecule has 21 nitrogen and oxygen atoms in total. The van der Waals surface area contributed by atoms with E-state index >= 15 is 0 Å². The van der Waals surface area contributed by atoms with Gasteiger partial charge in [0.25, 0.3) is 23.6 Å². The number of likely N-dealkylation sites (tertiary alicyclic amines) is 1. The minimum absolute atomic E-state index is 0.0227. The molecule has 3 aliphatic heterocycles. The summed E-state index contributed by atoms with van der Waals surface area (Å²) in [6.07, 6.45) is 12.2. The number of H-pyrrole nitrogens is 1. The highest BCUT2D eigenvalue weighted by atomic mass is 16.6. The third-order valence-corrected chi connectivity index (χ3v) is 12.8. The Morgan fingerprint density at radius 3 is 2.18 bits per heavy atom. The number of hydrogen-bond acceptors (Lipinski definition) is 14. The summed E-state index contributed by atoms with van der Waals surface area (Å²) in [6, 6.07) is 14.0. The van der Waals surface area contributed by atoms with E-state index in [-0.39, 0.29) is 68.2 Å². The van der Waals surface area contributed by atoms with E-state index in [1.807, 2.05) is 36.4 Å². The first-order valence-electron chi connectivity index (χ1n) is 24.8. The summed E-state index contributed by atoms with van der Waals surface area (Å²) in [4.78, 5) is 95.7. The number of rotatable bonds is 24. The molecule has 390 valence electrons. The maximum Gasteiger partial charge on any atom is 0.410 e. The molecule has 5 N–H and O–H groups in total. The zero-order valence-corrected chi connectivity index (χ0v) is 41.2. The molecule has 2 aliphatic carbocycles. The molecule has 2 unspecified atom stereocenters. The Balaban J connectivity index is 0.696. The number of anilines is 1. The summed E-state index contributed by atoms with van der Waals surface area (Å²) in [6.45, 7) is 7.63. The number of amides is 7.